The van der Waals surface area contributed by atoms with E-state index in [0.717, 1.165) is 41.4 Å². The minimum absolute atomic E-state index is 0. The summed E-state index contributed by atoms with van der Waals surface area (Å²) in [6, 6.07) is 8.15. The molecule has 0 spiro atoms. The molecule has 116 valence electrons. The number of hydrogen-bond donors (Lipinski definition) is 1. The van der Waals surface area contributed by atoms with Gasteiger partial charge in [0.05, 0.1) is 5.52 Å². The van der Waals surface area contributed by atoms with Crippen LogP contribution in [0.3, 0.4) is 0 Å². The van der Waals surface area contributed by atoms with Crippen LogP contribution in [0.25, 0.3) is 10.9 Å². The van der Waals surface area contributed by atoms with Crippen molar-refractivity contribution in [1.82, 2.24) is 4.98 Å². The normalized spacial score (nSPS) is 15.4. The molecule has 0 unspecified atom stereocenters. The maximum absolute atomic E-state index is 5.85. The maximum atomic E-state index is 5.85. The lowest BCUT2D eigenvalue weighted by atomic mass is 9.99. The fraction of sp³-hybridized carbons (Fsp3) is 0.438. The van der Waals surface area contributed by atoms with Crippen LogP contribution in [0.5, 0.6) is 0 Å². The third-order valence-electron chi connectivity index (χ3n) is 4.13. The summed E-state index contributed by atoms with van der Waals surface area (Å²) in [7, 11) is 0. The minimum Gasteiger partial charge on any atom is -0.399 e. The number of nitrogens with two attached hydrogens (primary N) is 1. The molecule has 2 heterocycles. The van der Waals surface area contributed by atoms with Crippen LogP contribution in [0.15, 0.2) is 24.3 Å². The Morgan fingerprint density at radius 3 is 2.48 bits per heavy atom. The van der Waals surface area contributed by atoms with E-state index in [9.17, 15) is 0 Å². The van der Waals surface area contributed by atoms with Crippen LogP contribution in [0.1, 0.15) is 25.3 Å². The van der Waals surface area contributed by atoms with Gasteiger partial charge in [0, 0.05) is 24.2 Å². The summed E-state index contributed by atoms with van der Waals surface area (Å²) in [5.74, 6) is 1.96. The fourth-order valence-electron chi connectivity index (χ4n) is 2.79. The summed E-state index contributed by atoms with van der Waals surface area (Å²) in [5.41, 5.74) is 8.95. The van der Waals surface area contributed by atoms with Gasteiger partial charge in [0.2, 0.25) is 0 Å². The molecular weight excluding hydrogens is 305 g/mol. The van der Waals surface area contributed by atoms with E-state index in [1.54, 1.807) is 0 Å². The van der Waals surface area contributed by atoms with E-state index in [0.29, 0.717) is 0 Å². The number of hydrogen-bond acceptors (Lipinski definition) is 3. The molecule has 3 rings (SSSR count). The molecule has 1 aliphatic rings. The fourth-order valence-corrected chi connectivity index (χ4v) is 2.79. The summed E-state index contributed by atoms with van der Waals surface area (Å²) in [5, 5.41) is 1.16. The molecule has 5 heteroatoms. The standard InChI is InChI=1S/C16H21N3.2ClH/c1-11-5-7-19(8-6-11)16-9-12(2)14-10-13(17)3-4-15(14)18-16;;/h3-4,9-11H,5-8,17H2,1-2H3;2*1H. The van der Waals surface area contributed by atoms with Crippen LogP contribution in [0.2, 0.25) is 0 Å². The van der Waals surface area contributed by atoms with Gasteiger partial charge < -0.3 is 10.6 Å². The monoisotopic (exact) mass is 327 g/mol. The van der Waals surface area contributed by atoms with Gasteiger partial charge in [-0.2, -0.15) is 0 Å². The number of pyridine rings is 1. The molecule has 1 saturated heterocycles. The molecule has 0 atom stereocenters. The molecule has 1 aromatic heterocycles. The van der Waals surface area contributed by atoms with E-state index in [-0.39, 0.29) is 24.8 Å². The Labute approximate surface area is 138 Å². The quantitative estimate of drug-likeness (QED) is 0.798. The predicted molar refractivity (Wildman–Crippen MR) is 96.0 cm³/mol. The molecule has 0 radical (unpaired) electrons. The van der Waals surface area contributed by atoms with E-state index < -0.39 is 0 Å². The highest BCUT2D eigenvalue weighted by molar-refractivity contribution is 5.86. The van der Waals surface area contributed by atoms with Crippen LogP contribution >= 0.6 is 24.8 Å². The highest BCUT2D eigenvalue weighted by Gasteiger charge is 2.17. The molecule has 0 aliphatic carbocycles. The number of piperidine rings is 1. The van der Waals surface area contributed by atoms with Crippen molar-refractivity contribution in [2.75, 3.05) is 23.7 Å². The Kier molecular flexibility index (Phi) is 6.11. The van der Waals surface area contributed by atoms with Crippen LogP contribution < -0.4 is 10.6 Å². The number of nitrogen functional groups attached to an aromatic ring is 1. The van der Waals surface area contributed by atoms with Crippen molar-refractivity contribution in [1.29, 1.82) is 0 Å². The summed E-state index contributed by atoms with van der Waals surface area (Å²) in [6.45, 7) is 6.71. The molecule has 1 aliphatic heterocycles. The van der Waals surface area contributed by atoms with E-state index in [1.165, 1.54) is 18.4 Å². The van der Waals surface area contributed by atoms with Crippen molar-refractivity contribution < 1.29 is 0 Å². The molecule has 2 N–H and O–H groups in total. The first-order valence-corrected chi connectivity index (χ1v) is 7.05. The first kappa shape index (κ1) is 17.9. The van der Waals surface area contributed by atoms with Crippen LogP contribution in [-0.2, 0) is 0 Å². The number of benzene rings is 1. The Morgan fingerprint density at radius 2 is 1.81 bits per heavy atom. The van der Waals surface area contributed by atoms with Crippen molar-refractivity contribution in [3.63, 3.8) is 0 Å². The summed E-state index contributed by atoms with van der Waals surface area (Å²) < 4.78 is 0. The average molecular weight is 328 g/mol. The summed E-state index contributed by atoms with van der Waals surface area (Å²) in [4.78, 5) is 7.20. The predicted octanol–water partition coefficient (Wildman–Crippen LogP) is 4.21. The second kappa shape index (κ2) is 7.19. The number of halogens is 2. The Bertz CT molecular complexity index is 608. The van der Waals surface area contributed by atoms with Crippen molar-refractivity contribution in [2.45, 2.75) is 26.7 Å². The molecule has 0 amide bonds. The van der Waals surface area contributed by atoms with Gasteiger partial charge in [-0.05, 0) is 55.5 Å². The molecule has 21 heavy (non-hydrogen) atoms. The van der Waals surface area contributed by atoms with Crippen LogP contribution in [-0.4, -0.2) is 18.1 Å². The first-order chi connectivity index (χ1) is 9.13. The lowest BCUT2D eigenvalue weighted by Gasteiger charge is -2.31. The minimum atomic E-state index is 0. The van der Waals surface area contributed by atoms with Crippen molar-refractivity contribution >= 4 is 47.2 Å². The zero-order chi connectivity index (χ0) is 13.4. The molecule has 1 fully saturated rings. The highest BCUT2D eigenvalue weighted by Crippen LogP contribution is 2.27. The number of aryl methyl sites for hydroxylation is 1. The zero-order valence-electron chi connectivity index (χ0n) is 12.5. The second-order valence-electron chi connectivity index (χ2n) is 5.74. The Hall–Kier alpha value is -1.19. The summed E-state index contributed by atoms with van der Waals surface area (Å²) >= 11 is 0. The number of anilines is 2. The first-order valence-electron chi connectivity index (χ1n) is 7.05. The number of aromatic nitrogens is 1. The van der Waals surface area contributed by atoms with Crippen molar-refractivity contribution in [2.24, 2.45) is 5.92 Å². The van der Waals surface area contributed by atoms with Gasteiger partial charge in [-0.1, -0.05) is 6.92 Å². The van der Waals surface area contributed by atoms with Gasteiger partial charge in [0.25, 0.3) is 0 Å². The summed E-state index contributed by atoms with van der Waals surface area (Å²) in [6.07, 6.45) is 2.53. The van der Waals surface area contributed by atoms with Crippen molar-refractivity contribution in [3.8, 4) is 0 Å². The largest absolute Gasteiger partial charge is 0.399 e. The maximum Gasteiger partial charge on any atom is 0.129 e. The van der Waals surface area contributed by atoms with Gasteiger partial charge >= 0.3 is 0 Å². The zero-order valence-corrected chi connectivity index (χ0v) is 14.1. The molecule has 0 saturated carbocycles. The topological polar surface area (TPSA) is 42.2 Å². The third kappa shape index (κ3) is 3.72. The highest BCUT2D eigenvalue weighted by atomic mass is 35.5. The molecule has 2 aromatic rings. The van der Waals surface area contributed by atoms with Gasteiger partial charge in [-0.25, -0.2) is 4.98 Å². The van der Waals surface area contributed by atoms with Gasteiger partial charge in [0.15, 0.2) is 0 Å². The number of fused-ring (bicyclic) bond motifs is 1. The van der Waals surface area contributed by atoms with Crippen molar-refractivity contribution in [3.05, 3.63) is 29.8 Å². The number of rotatable bonds is 1. The van der Waals surface area contributed by atoms with Gasteiger partial charge in [-0.15, -0.1) is 24.8 Å². The molecular formula is C16H23Cl2N3. The van der Waals surface area contributed by atoms with E-state index in [1.807, 2.05) is 18.2 Å². The lowest BCUT2D eigenvalue weighted by Crippen LogP contribution is -2.33. The SMILES string of the molecule is Cc1cc(N2CCC(C)CC2)nc2ccc(N)cc12.Cl.Cl. The lowest BCUT2D eigenvalue weighted by molar-refractivity contribution is 0.437. The molecule has 0 bridgehead atoms. The van der Waals surface area contributed by atoms with E-state index >= 15 is 0 Å². The Morgan fingerprint density at radius 1 is 1.14 bits per heavy atom. The second-order valence-corrected chi connectivity index (χ2v) is 5.74. The molecule has 1 aromatic carbocycles. The Balaban J connectivity index is 0.00000110. The molecule has 3 nitrogen and oxygen atoms in total. The smallest absolute Gasteiger partial charge is 0.129 e. The van der Waals surface area contributed by atoms with E-state index in [2.05, 4.69) is 24.8 Å². The van der Waals surface area contributed by atoms with E-state index in [4.69, 9.17) is 10.7 Å². The number of nitrogens with zero attached hydrogens (tertiary/aromatic N) is 2. The van der Waals surface area contributed by atoms with Gasteiger partial charge in [-0.3, -0.25) is 0 Å². The van der Waals surface area contributed by atoms with Gasteiger partial charge in [0.1, 0.15) is 5.82 Å². The average Bonchev–Trinajstić information content (AvgIpc) is 2.40. The third-order valence-corrected chi connectivity index (χ3v) is 4.13. The van der Waals surface area contributed by atoms with Crippen LogP contribution in [0, 0.1) is 12.8 Å². The van der Waals surface area contributed by atoms with Crippen LogP contribution in [0.4, 0.5) is 11.5 Å².